The van der Waals surface area contributed by atoms with Crippen molar-refractivity contribution in [3.8, 4) is 5.00 Å². The Morgan fingerprint density at radius 2 is 1.93 bits per heavy atom. The van der Waals surface area contributed by atoms with Crippen molar-refractivity contribution in [3.05, 3.63) is 69.9 Å². The smallest absolute Gasteiger partial charge is 0.254 e. The van der Waals surface area contributed by atoms with Crippen molar-refractivity contribution in [2.24, 2.45) is 0 Å². The average molecular weight is 379 g/mol. The third-order valence-electron chi connectivity index (χ3n) is 4.97. The highest BCUT2D eigenvalue weighted by Crippen LogP contribution is 2.28. The van der Waals surface area contributed by atoms with Crippen LogP contribution in [0.3, 0.4) is 0 Å². The Balaban J connectivity index is 1.56. The second kappa shape index (κ2) is 6.70. The molecule has 0 bridgehead atoms. The van der Waals surface area contributed by atoms with E-state index >= 15 is 0 Å². The molecule has 0 unspecified atom stereocenters. The highest BCUT2D eigenvalue weighted by molar-refractivity contribution is 7.13. The van der Waals surface area contributed by atoms with Gasteiger partial charge in [-0.15, -0.1) is 11.3 Å². The van der Waals surface area contributed by atoms with Gasteiger partial charge < -0.3 is 15.2 Å². The Bertz CT molecular complexity index is 1030. The van der Waals surface area contributed by atoms with Gasteiger partial charge in [0.2, 0.25) is 5.91 Å². The summed E-state index contributed by atoms with van der Waals surface area (Å²) in [7, 11) is 0. The molecular weight excluding hydrogens is 358 g/mol. The topological polar surface area (TPSA) is 63.1 Å². The van der Waals surface area contributed by atoms with E-state index in [9.17, 15) is 9.59 Å². The molecule has 0 aliphatic carbocycles. The largest absolute Gasteiger partial charge is 0.345 e. The lowest BCUT2D eigenvalue weighted by Crippen LogP contribution is -2.27. The Kier molecular flexibility index (Phi) is 4.36. The van der Waals surface area contributed by atoms with Gasteiger partial charge in [0.15, 0.2) is 0 Å². The minimum atomic E-state index is -0.155. The van der Waals surface area contributed by atoms with Gasteiger partial charge >= 0.3 is 0 Å². The SMILES string of the molecule is Cc1ccc(C)n1-c1sccc1C(=O)N[C@@H](C)c1ccc2c(c1)CC(=O)N2. The molecule has 1 atom stereocenters. The third kappa shape index (κ3) is 3.17. The van der Waals surface area contributed by atoms with E-state index in [4.69, 9.17) is 0 Å². The number of carbonyl (C=O) groups excluding carboxylic acids is 2. The first-order valence-electron chi connectivity index (χ1n) is 8.90. The molecule has 1 aliphatic rings. The zero-order chi connectivity index (χ0) is 19.1. The van der Waals surface area contributed by atoms with Gasteiger partial charge in [0.25, 0.3) is 5.91 Å². The van der Waals surface area contributed by atoms with Crippen LogP contribution in [0.4, 0.5) is 5.69 Å². The van der Waals surface area contributed by atoms with Gasteiger partial charge in [-0.05, 0) is 61.5 Å². The summed E-state index contributed by atoms with van der Waals surface area (Å²) in [5, 5.41) is 8.80. The fourth-order valence-electron chi connectivity index (χ4n) is 3.51. The lowest BCUT2D eigenvalue weighted by atomic mass is 10.0. The van der Waals surface area contributed by atoms with Gasteiger partial charge in [-0.2, -0.15) is 0 Å². The van der Waals surface area contributed by atoms with E-state index in [1.54, 1.807) is 11.3 Å². The van der Waals surface area contributed by atoms with E-state index in [1.807, 2.05) is 50.4 Å². The number of anilines is 1. The molecule has 2 amide bonds. The molecule has 138 valence electrons. The van der Waals surface area contributed by atoms with Crippen LogP contribution >= 0.6 is 11.3 Å². The van der Waals surface area contributed by atoms with Crippen LogP contribution in [-0.4, -0.2) is 16.4 Å². The monoisotopic (exact) mass is 379 g/mol. The van der Waals surface area contributed by atoms with Crippen molar-refractivity contribution in [3.63, 3.8) is 0 Å². The van der Waals surface area contributed by atoms with Crippen molar-refractivity contribution in [2.45, 2.75) is 33.2 Å². The van der Waals surface area contributed by atoms with Gasteiger partial charge in [0, 0.05) is 17.1 Å². The maximum absolute atomic E-state index is 12.9. The number of hydrogen-bond acceptors (Lipinski definition) is 3. The van der Waals surface area contributed by atoms with Crippen LogP contribution in [0.2, 0.25) is 0 Å². The molecule has 6 heteroatoms. The van der Waals surface area contributed by atoms with Gasteiger partial charge in [0.05, 0.1) is 18.0 Å². The number of rotatable bonds is 4. The highest BCUT2D eigenvalue weighted by atomic mass is 32.1. The normalized spacial score (nSPS) is 14.0. The predicted molar refractivity (Wildman–Crippen MR) is 108 cm³/mol. The Morgan fingerprint density at radius 3 is 2.67 bits per heavy atom. The van der Waals surface area contributed by atoms with Gasteiger partial charge in [-0.1, -0.05) is 12.1 Å². The number of nitrogens with zero attached hydrogens (tertiary/aromatic N) is 1. The number of hydrogen-bond donors (Lipinski definition) is 2. The fraction of sp³-hybridized carbons (Fsp3) is 0.238. The highest BCUT2D eigenvalue weighted by Gasteiger charge is 2.21. The van der Waals surface area contributed by atoms with Crippen molar-refractivity contribution < 1.29 is 9.59 Å². The molecule has 4 rings (SSSR count). The number of aromatic nitrogens is 1. The van der Waals surface area contributed by atoms with Crippen molar-refractivity contribution in [2.75, 3.05) is 5.32 Å². The Morgan fingerprint density at radius 1 is 1.19 bits per heavy atom. The summed E-state index contributed by atoms with van der Waals surface area (Å²) in [6.07, 6.45) is 0.394. The number of fused-ring (bicyclic) bond motifs is 1. The first-order chi connectivity index (χ1) is 12.9. The average Bonchev–Trinajstić information content (AvgIpc) is 3.32. The van der Waals surface area contributed by atoms with E-state index in [0.717, 1.165) is 33.2 Å². The fourth-order valence-corrected chi connectivity index (χ4v) is 4.53. The van der Waals surface area contributed by atoms with Crippen molar-refractivity contribution >= 4 is 28.8 Å². The van der Waals surface area contributed by atoms with Gasteiger partial charge in [0.1, 0.15) is 5.00 Å². The van der Waals surface area contributed by atoms with E-state index in [0.29, 0.717) is 12.0 Å². The summed E-state index contributed by atoms with van der Waals surface area (Å²) in [5.74, 6) is -0.0832. The summed E-state index contributed by atoms with van der Waals surface area (Å²) in [6.45, 7) is 6.04. The zero-order valence-corrected chi connectivity index (χ0v) is 16.3. The molecule has 0 saturated heterocycles. The minimum Gasteiger partial charge on any atom is -0.345 e. The molecule has 3 heterocycles. The molecule has 0 spiro atoms. The first-order valence-corrected chi connectivity index (χ1v) is 9.78. The minimum absolute atomic E-state index is 0.0132. The molecule has 2 N–H and O–H groups in total. The van der Waals surface area contributed by atoms with Crippen LogP contribution < -0.4 is 10.6 Å². The number of carbonyl (C=O) groups is 2. The number of thiophene rings is 1. The first kappa shape index (κ1) is 17.5. The van der Waals surface area contributed by atoms with Gasteiger partial charge in [-0.3, -0.25) is 9.59 Å². The second-order valence-electron chi connectivity index (χ2n) is 6.93. The van der Waals surface area contributed by atoms with E-state index < -0.39 is 0 Å². The molecule has 0 radical (unpaired) electrons. The lowest BCUT2D eigenvalue weighted by Gasteiger charge is -2.16. The van der Waals surface area contributed by atoms with Crippen LogP contribution in [0.5, 0.6) is 0 Å². The summed E-state index contributed by atoms with van der Waals surface area (Å²) in [6, 6.07) is 11.7. The van der Waals surface area contributed by atoms with Crippen LogP contribution in [-0.2, 0) is 11.2 Å². The summed E-state index contributed by atoms with van der Waals surface area (Å²) in [5.41, 5.74) is 5.71. The molecule has 3 aromatic rings. The Labute approximate surface area is 162 Å². The van der Waals surface area contributed by atoms with Crippen LogP contribution in [0, 0.1) is 13.8 Å². The molecule has 2 aromatic heterocycles. The summed E-state index contributed by atoms with van der Waals surface area (Å²) in [4.78, 5) is 24.5. The quantitative estimate of drug-likeness (QED) is 0.716. The second-order valence-corrected chi connectivity index (χ2v) is 7.82. The number of nitrogens with one attached hydrogen (secondary N) is 2. The molecule has 0 saturated carbocycles. The van der Waals surface area contributed by atoms with E-state index in [2.05, 4.69) is 27.3 Å². The maximum atomic E-state index is 12.9. The predicted octanol–water partition coefficient (Wildman–Crippen LogP) is 4.14. The standard InChI is InChI=1S/C21H21N3O2S/c1-12-4-5-13(2)24(12)21-17(8-9-27-21)20(26)22-14(3)15-6-7-18-16(10-15)11-19(25)23-18/h4-10,14H,11H2,1-3H3,(H,22,26)(H,23,25)/t14-/m0/s1. The zero-order valence-electron chi connectivity index (χ0n) is 15.5. The molecule has 1 aliphatic heterocycles. The van der Waals surface area contributed by atoms with Crippen molar-refractivity contribution in [1.82, 2.24) is 9.88 Å². The molecular formula is C21H21N3O2S. The third-order valence-corrected chi connectivity index (χ3v) is 5.86. The number of benzene rings is 1. The van der Waals surface area contributed by atoms with E-state index in [-0.39, 0.29) is 17.9 Å². The molecule has 5 nitrogen and oxygen atoms in total. The van der Waals surface area contributed by atoms with Crippen LogP contribution in [0.15, 0.2) is 41.8 Å². The van der Waals surface area contributed by atoms with Gasteiger partial charge in [-0.25, -0.2) is 0 Å². The summed E-state index contributed by atoms with van der Waals surface area (Å²) < 4.78 is 2.11. The molecule has 0 fully saturated rings. The molecule has 1 aromatic carbocycles. The van der Waals surface area contributed by atoms with Crippen LogP contribution in [0.25, 0.3) is 5.00 Å². The Hall–Kier alpha value is -2.86. The van der Waals surface area contributed by atoms with E-state index in [1.165, 1.54) is 0 Å². The molecule has 27 heavy (non-hydrogen) atoms. The summed E-state index contributed by atoms with van der Waals surface area (Å²) >= 11 is 1.56. The lowest BCUT2D eigenvalue weighted by molar-refractivity contribution is -0.115. The number of aryl methyl sites for hydroxylation is 2. The maximum Gasteiger partial charge on any atom is 0.254 e. The number of amides is 2. The van der Waals surface area contributed by atoms with Crippen LogP contribution in [0.1, 0.15) is 45.8 Å². The van der Waals surface area contributed by atoms with Crippen molar-refractivity contribution in [1.29, 1.82) is 0 Å².